The van der Waals surface area contributed by atoms with Gasteiger partial charge in [0, 0.05) is 82.7 Å². The number of H-pyrrole nitrogens is 1. The van der Waals surface area contributed by atoms with Gasteiger partial charge in [0.2, 0.25) is 0 Å². The Bertz CT molecular complexity index is 3350. The summed E-state index contributed by atoms with van der Waals surface area (Å²) >= 11 is 0. The van der Waals surface area contributed by atoms with Gasteiger partial charge in [-0.05, 0) is 187 Å². The number of aliphatic hydroxyl groups excluding tert-OH is 1. The molecule has 1 spiro atoms. The number of phenolic OH excluding ortho intramolecular Hbond substituents is 2. The summed E-state index contributed by atoms with van der Waals surface area (Å²) in [5.41, 5.74) is 20.3. The van der Waals surface area contributed by atoms with Crippen molar-refractivity contribution in [1.82, 2.24) is 4.98 Å². The summed E-state index contributed by atoms with van der Waals surface area (Å²) in [6.45, 7) is 0.298. The van der Waals surface area contributed by atoms with Gasteiger partial charge < -0.3 is 46.7 Å². The first kappa shape index (κ1) is 60.7. The molecule has 7 aliphatic rings. The van der Waals surface area contributed by atoms with Crippen LogP contribution in [-0.4, -0.2) is 83.8 Å². The molecule has 85 heavy (non-hydrogen) atoms. The Balaban J connectivity index is 0.922. The smallest absolute Gasteiger partial charge is 0.165 e. The van der Waals surface area contributed by atoms with Gasteiger partial charge in [0.05, 0.1) is 37.0 Å². The Kier molecular flexibility index (Phi) is 18.7. The van der Waals surface area contributed by atoms with Gasteiger partial charge >= 0.3 is 0 Å². The average molecular weight is 1220 g/mol. The molecular formula is C70H83N3O8S4. The Morgan fingerprint density at radius 1 is 0.729 bits per heavy atom. The summed E-state index contributed by atoms with van der Waals surface area (Å²) in [7, 11) is 7.03. The maximum Gasteiger partial charge on any atom is 0.165 e. The van der Waals surface area contributed by atoms with Crippen molar-refractivity contribution in [3.63, 3.8) is 0 Å². The molecule has 5 aromatic rings. The van der Waals surface area contributed by atoms with Crippen molar-refractivity contribution in [3.05, 3.63) is 159 Å². The standard InChI is InChI=1S/C70H83N3O8S4/c71-67(72)57-32-46-8-5-13-62-54(22-27-73-62)65(78)34-58-55(46)33-48(57)38-82-83-39-50-36-68(26-21-51(75)17-14-43-16-19-64(77)66(30-43)81-28-23-44-15-18-63(76)59(58)29-44)25-20-47-35-69(79,49-9-2-3-10-49)24-6-12-53-56(47)31-45-7-1-4-11-52(45)60(37-74)61(53)40-84-85-42-70(50,80)41-68/h1,4,7,11,15-16,18-19,21-22,26-27,29-30,32-33,47,49-50,53,56,58,60-61,67,73-74,76-77,79-80H,2-3,6,9-10,12-14,17,20,23-25,28,31,34-42,71-72H2. The van der Waals surface area contributed by atoms with E-state index in [1.807, 2.05) is 41.1 Å². The normalized spacial score (nSPS) is 30.6. The number of aromatic amines is 1. The second kappa shape index (κ2) is 26.2. The molecule has 4 fully saturated rings. The molecule has 3 saturated carbocycles. The number of hydrogen-bond donors (Lipinski definition) is 8. The van der Waals surface area contributed by atoms with E-state index in [9.17, 15) is 35.1 Å². The minimum Gasteiger partial charge on any atom is -0.508 e. The first-order chi connectivity index (χ1) is 41.2. The van der Waals surface area contributed by atoms with Gasteiger partial charge in [0.25, 0.3) is 0 Å². The van der Waals surface area contributed by atoms with Gasteiger partial charge in [-0.1, -0.05) is 129 Å². The number of hydrogen-bond acceptors (Lipinski definition) is 14. The van der Waals surface area contributed by atoms with Crippen LogP contribution in [0.3, 0.4) is 0 Å². The van der Waals surface area contributed by atoms with Crippen LogP contribution in [0.25, 0.3) is 0 Å². The molecule has 1 saturated heterocycles. The van der Waals surface area contributed by atoms with Crippen LogP contribution in [0.4, 0.5) is 0 Å². The highest BCUT2D eigenvalue weighted by molar-refractivity contribution is 8.77. The third kappa shape index (κ3) is 13.1. The number of Topliss-reactive ketones (excluding diaryl/α,β-unsaturated/α-hetero) is 1. The molecule has 10 unspecified atom stereocenters. The summed E-state index contributed by atoms with van der Waals surface area (Å²) in [6.07, 6.45) is 18.3. The highest BCUT2D eigenvalue weighted by Crippen LogP contribution is 2.59. The fraction of sp³-hybridized carbons (Fsp3) is 0.514. The fourth-order valence-corrected chi connectivity index (χ4v) is 22.1. The minimum atomic E-state index is -1.07. The van der Waals surface area contributed by atoms with E-state index >= 15 is 0 Å². The number of ether oxygens (including phenoxy) is 1. The minimum absolute atomic E-state index is 0.000977. The maximum absolute atomic E-state index is 14.5. The lowest BCUT2D eigenvalue weighted by atomic mass is 9.61. The zero-order valence-electron chi connectivity index (χ0n) is 48.7. The average Bonchev–Trinajstić information content (AvgIpc) is 4.49. The first-order valence-corrected chi connectivity index (χ1v) is 36.1. The first-order valence-electron chi connectivity index (χ1n) is 31.2. The van der Waals surface area contributed by atoms with Crippen LogP contribution >= 0.6 is 43.2 Å². The molecule has 12 rings (SSSR count). The van der Waals surface area contributed by atoms with Gasteiger partial charge in [-0.25, -0.2) is 0 Å². The number of nitrogens with one attached hydrogen (secondary N) is 1. The van der Waals surface area contributed by atoms with Crippen LogP contribution < -0.4 is 16.2 Å². The summed E-state index contributed by atoms with van der Waals surface area (Å²) in [5, 5.41) is 60.9. The number of nitrogens with two attached hydrogens (primary N) is 2. The van der Waals surface area contributed by atoms with E-state index in [0.29, 0.717) is 83.6 Å². The number of carbonyl (C=O) groups is 2. The Hall–Kier alpha value is -4.60. The van der Waals surface area contributed by atoms with Crippen molar-refractivity contribution in [3.8, 4) is 29.1 Å². The van der Waals surface area contributed by atoms with Gasteiger partial charge in [-0.2, -0.15) is 0 Å². The van der Waals surface area contributed by atoms with Crippen molar-refractivity contribution < 1.29 is 39.9 Å². The van der Waals surface area contributed by atoms with Crippen LogP contribution in [-0.2, 0) is 36.2 Å². The predicted molar refractivity (Wildman–Crippen MR) is 345 cm³/mol. The number of benzene rings is 4. The predicted octanol–water partition coefficient (Wildman–Crippen LogP) is 12.8. The molecule has 10 N–H and O–H groups in total. The van der Waals surface area contributed by atoms with E-state index in [4.69, 9.17) is 16.2 Å². The quantitative estimate of drug-likeness (QED) is 0.0480. The van der Waals surface area contributed by atoms with Crippen LogP contribution in [0.15, 0.2) is 97.2 Å². The maximum atomic E-state index is 14.5. The van der Waals surface area contributed by atoms with Crippen molar-refractivity contribution in [2.45, 2.75) is 151 Å². The number of carbonyl (C=O) groups excluding carboxylic acids is 2. The molecule has 10 atom stereocenters. The number of fused-ring (bicyclic) bond motifs is 11. The molecule has 3 heterocycles. The van der Waals surface area contributed by atoms with Crippen LogP contribution in [0.5, 0.6) is 17.2 Å². The highest BCUT2D eigenvalue weighted by atomic mass is 33.1. The number of aliphatic hydroxyl groups is 3. The van der Waals surface area contributed by atoms with Crippen LogP contribution in [0.2, 0.25) is 0 Å². The molecule has 0 amide bonds. The van der Waals surface area contributed by atoms with Crippen molar-refractivity contribution in [2.24, 2.45) is 52.4 Å². The topological polar surface area (TPSA) is 212 Å². The summed E-state index contributed by atoms with van der Waals surface area (Å²) < 4.78 is 6.28. The second-order valence-electron chi connectivity index (χ2n) is 26.1. The van der Waals surface area contributed by atoms with E-state index in [-0.39, 0.29) is 78.7 Å². The van der Waals surface area contributed by atoms with E-state index < -0.39 is 28.7 Å². The number of aromatic nitrogens is 1. The lowest BCUT2D eigenvalue weighted by Gasteiger charge is -2.47. The largest absolute Gasteiger partial charge is 0.508 e. The zero-order chi connectivity index (χ0) is 58.9. The van der Waals surface area contributed by atoms with Crippen molar-refractivity contribution >= 4 is 54.7 Å². The molecule has 2 aliphatic heterocycles. The molecule has 13 bridgehead atoms. The van der Waals surface area contributed by atoms with Crippen LogP contribution in [0.1, 0.15) is 174 Å². The van der Waals surface area contributed by atoms with Crippen LogP contribution in [0, 0.1) is 52.8 Å². The number of phenols is 2. The second-order valence-corrected chi connectivity index (χ2v) is 31.1. The Labute approximate surface area is 517 Å². The van der Waals surface area contributed by atoms with E-state index in [1.54, 1.807) is 62.9 Å². The number of allylic oxidation sites excluding steroid dienone is 2. The number of aromatic hydroxyl groups is 2. The molecule has 450 valence electrons. The van der Waals surface area contributed by atoms with Gasteiger partial charge in [0.1, 0.15) is 5.75 Å². The molecule has 11 nitrogen and oxygen atoms in total. The van der Waals surface area contributed by atoms with Gasteiger partial charge in [-0.15, -0.1) is 0 Å². The molecule has 15 heteroatoms. The number of rotatable bonds is 3. The number of ketones is 2. The lowest BCUT2D eigenvalue weighted by molar-refractivity contribution is -0.114. The van der Waals surface area contributed by atoms with E-state index in [2.05, 4.69) is 53.2 Å². The highest BCUT2D eigenvalue weighted by Gasteiger charge is 2.54. The molecular weight excluding hydrogens is 1140 g/mol. The van der Waals surface area contributed by atoms with Crippen molar-refractivity contribution in [1.29, 1.82) is 0 Å². The SMILES string of the molecule is NC(N)c1cc2c3cc1CSSCC1CC4(C=CC(=O)CCc5ccc(O)c(c5)OCCc5ccc(O)c(c5)C3CC(=O)c3cc[nH]c3CC#C2)CCC2CC(O)(C3CCCC3)CCCC3C2Cc2ccccc2C(CO)C3CSSCC1(O)C4. The zero-order valence-corrected chi connectivity index (χ0v) is 51.9. The summed E-state index contributed by atoms with van der Waals surface area (Å²) in [5.74, 6) is 10.2. The third-order valence-corrected chi connectivity index (χ3v) is 26.0. The van der Waals surface area contributed by atoms with Gasteiger partial charge in [-0.3, -0.25) is 9.59 Å². The lowest BCUT2D eigenvalue weighted by Crippen LogP contribution is -2.45. The molecule has 1 aromatic heterocycles. The molecule has 0 radical (unpaired) electrons. The fourth-order valence-electron chi connectivity index (χ4n) is 16.5. The van der Waals surface area contributed by atoms with E-state index in [1.165, 1.54) is 11.1 Å². The van der Waals surface area contributed by atoms with Gasteiger partial charge in [0.15, 0.2) is 23.1 Å². The Morgan fingerprint density at radius 3 is 2.38 bits per heavy atom. The third-order valence-electron chi connectivity index (χ3n) is 21.0. The Morgan fingerprint density at radius 2 is 1.54 bits per heavy atom. The monoisotopic (exact) mass is 1220 g/mol. The molecule has 4 aromatic carbocycles. The summed E-state index contributed by atoms with van der Waals surface area (Å²) in [4.78, 5) is 32.1. The van der Waals surface area contributed by atoms with E-state index in [0.717, 1.165) is 110 Å². The molecule has 5 aliphatic carbocycles. The summed E-state index contributed by atoms with van der Waals surface area (Å²) in [6, 6.07) is 25.4. The number of aryl methyl sites for hydroxylation is 1. The van der Waals surface area contributed by atoms with Crippen molar-refractivity contribution in [2.75, 3.05) is 30.5 Å².